The molecule has 1 atom stereocenters. The van der Waals surface area contributed by atoms with E-state index in [1.165, 1.54) is 19.2 Å². The molecule has 0 bridgehead atoms. The highest BCUT2D eigenvalue weighted by Crippen LogP contribution is 2.51. The first-order chi connectivity index (χ1) is 17.3. The first kappa shape index (κ1) is 34.4. The molecule has 6 nitrogen and oxygen atoms in total. The van der Waals surface area contributed by atoms with E-state index in [1.54, 1.807) is 0 Å². The lowest BCUT2D eigenvalue weighted by Gasteiger charge is -2.43. The van der Waals surface area contributed by atoms with Gasteiger partial charge in [-0.3, -0.25) is 14.3 Å². The monoisotopic (exact) mass is 592 g/mol. The maximum Gasteiger partial charge on any atom is 0.523 e. The summed E-state index contributed by atoms with van der Waals surface area (Å²) >= 11 is 0. The molecule has 17 heteroatoms. The second kappa shape index (κ2) is 11.1. The van der Waals surface area contributed by atoms with Crippen molar-refractivity contribution < 1.29 is 77.1 Å². The lowest BCUT2D eigenvalue weighted by Crippen LogP contribution is -2.64. The first-order valence-corrected chi connectivity index (χ1v) is 10.6. The molecule has 1 N–H and O–H groups in total. The van der Waals surface area contributed by atoms with Crippen molar-refractivity contribution in [2.75, 3.05) is 7.11 Å². The molecular formula is C22H23F11O6. The van der Waals surface area contributed by atoms with Crippen molar-refractivity contribution in [3.05, 3.63) is 35.9 Å². The standard InChI is InChI=1S/C22H23F11O6/c1-6-17(4,38-21(29,30)19(25,26)16(2,3)37-22(31,32)33)20(27,28)39-18(23,24)15(35)11-14(34)12-7-9-13(36-5)10-8-12/h7-11,34H,6H2,1-5H3. The third-order valence-electron chi connectivity index (χ3n) is 5.33. The number of carbonyl (C=O) groups excluding carboxylic acids is 1. The molecule has 0 heterocycles. The van der Waals surface area contributed by atoms with Crippen molar-refractivity contribution >= 4 is 11.5 Å². The number of ketones is 1. The number of carbonyl (C=O) groups is 1. The van der Waals surface area contributed by atoms with Crippen LogP contribution in [0.1, 0.15) is 39.7 Å². The van der Waals surface area contributed by atoms with E-state index in [1.807, 2.05) is 0 Å². The summed E-state index contributed by atoms with van der Waals surface area (Å²) in [5, 5.41) is 9.85. The molecule has 0 radical (unpaired) electrons. The molecule has 0 saturated carbocycles. The fourth-order valence-corrected chi connectivity index (χ4v) is 2.76. The second-order valence-corrected chi connectivity index (χ2v) is 8.59. The van der Waals surface area contributed by atoms with Crippen LogP contribution in [0.5, 0.6) is 5.75 Å². The number of halogens is 11. The van der Waals surface area contributed by atoms with E-state index in [2.05, 4.69) is 14.2 Å². The number of rotatable bonds is 13. The summed E-state index contributed by atoms with van der Waals surface area (Å²) in [5.74, 6) is -9.51. The second-order valence-electron chi connectivity index (χ2n) is 8.59. The summed E-state index contributed by atoms with van der Waals surface area (Å²) < 4.78 is 167. The van der Waals surface area contributed by atoms with Crippen LogP contribution in [0, 0.1) is 0 Å². The number of benzene rings is 1. The molecule has 224 valence electrons. The molecule has 0 aliphatic heterocycles. The zero-order valence-corrected chi connectivity index (χ0v) is 20.7. The predicted octanol–water partition coefficient (Wildman–Crippen LogP) is 7.09. The van der Waals surface area contributed by atoms with Crippen LogP contribution >= 0.6 is 0 Å². The summed E-state index contributed by atoms with van der Waals surface area (Å²) in [5.41, 5.74) is -8.46. The van der Waals surface area contributed by atoms with Crippen LogP contribution in [-0.4, -0.2) is 59.8 Å². The Bertz CT molecular complexity index is 1040. The minimum Gasteiger partial charge on any atom is -0.507 e. The van der Waals surface area contributed by atoms with Crippen LogP contribution in [0.2, 0.25) is 0 Å². The molecule has 1 rings (SSSR count). The third kappa shape index (κ3) is 7.72. The van der Waals surface area contributed by atoms with Crippen LogP contribution in [0.15, 0.2) is 30.3 Å². The fourth-order valence-electron chi connectivity index (χ4n) is 2.76. The highest BCUT2D eigenvalue weighted by Gasteiger charge is 2.73. The summed E-state index contributed by atoms with van der Waals surface area (Å²) in [6.07, 6.45) is -25.0. The van der Waals surface area contributed by atoms with Gasteiger partial charge in [0.15, 0.2) is 5.60 Å². The fraction of sp³-hybridized carbons (Fsp3) is 0.591. The third-order valence-corrected chi connectivity index (χ3v) is 5.33. The average Bonchev–Trinajstić information content (AvgIpc) is 2.76. The number of hydrogen-bond acceptors (Lipinski definition) is 6. The lowest BCUT2D eigenvalue weighted by molar-refractivity contribution is -0.484. The number of hydrogen-bond donors (Lipinski definition) is 1. The summed E-state index contributed by atoms with van der Waals surface area (Å²) in [6, 6.07) is 4.63. The Labute approximate surface area is 214 Å². The Morgan fingerprint density at radius 2 is 1.31 bits per heavy atom. The summed E-state index contributed by atoms with van der Waals surface area (Å²) in [4.78, 5) is 11.9. The molecule has 1 unspecified atom stereocenters. The van der Waals surface area contributed by atoms with E-state index in [-0.39, 0.29) is 38.2 Å². The Hall–Kier alpha value is -2.66. The van der Waals surface area contributed by atoms with Gasteiger partial charge in [-0.15, -0.1) is 13.2 Å². The lowest BCUT2D eigenvalue weighted by atomic mass is 9.97. The molecule has 0 amide bonds. The highest BCUT2D eigenvalue weighted by molar-refractivity contribution is 5.99. The van der Waals surface area contributed by atoms with Gasteiger partial charge < -0.3 is 9.84 Å². The molecule has 0 aliphatic rings. The van der Waals surface area contributed by atoms with Gasteiger partial charge in [0.2, 0.25) is 0 Å². The van der Waals surface area contributed by atoms with Gasteiger partial charge in [0.25, 0.3) is 5.78 Å². The quantitative estimate of drug-likeness (QED) is 0.150. The molecule has 0 aromatic heterocycles. The van der Waals surface area contributed by atoms with Crippen molar-refractivity contribution in [3.8, 4) is 5.75 Å². The van der Waals surface area contributed by atoms with Gasteiger partial charge in [0, 0.05) is 11.6 Å². The molecule has 0 fully saturated rings. The largest absolute Gasteiger partial charge is 0.523 e. The molecule has 1 aromatic rings. The predicted molar refractivity (Wildman–Crippen MR) is 110 cm³/mol. The van der Waals surface area contributed by atoms with Crippen molar-refractivity contribution in [1.82, 2.24) is 0 Å². The van der Waals surface area contributed by atoms with Crippen LogP contribution < -0.4 is 4.74 Å². The van der Waals surface area contributed by atoms with Gasteiger partial charge in [-0.1, -0.05) is 6.92 Å². The SMILES string of the molecule is CCC(C)(OC(F)(F)C(F)(F)C(C)(C)OC(F)(F)F)C(F)(F)OC(F)(F)C(=O)C=C(O)c1ccc(OC)cc1. The topological polar surface area (TPSA) is 74.2 Å². The van der Waals surface area contributed by atoms with Gasteiger partial charge in [-0.05, 0) is 51.5 Å². The minimum atomic E-state index is -6.19. The van der Waals surface area contributed by atoms with E-state index in [0.717, 1.165) is 12.1 Å². The maximum atomic E-state index is 14.7. The number of aliphatic hydroxyl groups is 1. The molecule has 0 aliphatic carbocycles. The normalized spacial score (nSPS) is 16.2. The Morgan fingerprint density at radius 1 is 0.821 bits per heavy atom. The van der Waals surface area contributed by atoms with Crippen molar-refractivity contribution in [3.63, 3.8) is 0 Å². The molecular weight excluding hydrogens is 569 g/mol. The highest BCUT2D eigenvalue weighted by atomic mass is 19.4. The van der Waals surface area contributed by atoms with E-state index in [4.69, 9.17) is 4.74 Å². The molecule has 0 spiro atoms. The van der Waals surface area contributed by atoms with Crippen molar-refractivity contribution in [2.24, 2.45) is 0 Å². The van der Waals surface area contributed by atoms with Gasteiger partial charge in [-0.2, -0.15) is 35.1 Å². The zero-order valence-electron chi connectivity index (χ0n) is 20.7. The minimum absolute atomic E-state index is 0.0835. The van der Waals surface area contributed by atoms with Gasteiger partial charge in [-0.25, -0.2) is 4.74 Å². The zero-order chi connectivity index (χ0) is 30.9. The first-order valence-electron chi connectivity index (χ1n) is 10.6. The van der Waals surface area contributed by atoms with Gasteiger partial charge in [0.05, 0.1) is 7.11 Å². The van der Waals surface area contributed by atoms with E-state index >= 15 is 0 Å². The number of aliphatic hydroxyl groups excluding tert-OH is 1. The summed E-state index contributed by atoms with van der Waals surface area (Å²) in [7, 11) is 1.27. The number of ether oxygens (including phenoxy) is 4. The van der Waals surface area contributed by atoms with E-state index in [9.17, 15) is 58.2 Å². The van der Waals surface area contributed by atoms with Crippen LogP contribution in [-0.2, 0) is 19.0 Å². The summed E-state index contributed by atoms with van der Waals surface area (Å²) in [6.45, 7) is 0.201. The van der Waals surface area contributed by atoms with Gasteiger partial charge in [0.1, 0.15) is 17.1 Å². The maximum absolute atomic E-state index is 14.7. The molecule has 39 heavy (non-hydrogen) atoms. The average molecular weight is 592 g/mol. The van der Waals surface area contributed by atoms with Crippen LogP contribution in [0.4, 0.5) is 48.3 Å². The smallest absolute Gasteiger partial charge is 0.507 e. The Kier molecular flexibility index (Phi) is 9.76. The number of alkyl halides is 11. The number of methoxy groups -OCH3 is 1. The van der Waals surface area contributed by atoms with E-state index in [0.29, 0.717) is 6.92 Å². The molecule has 0 saturated heterocycles. The Morgan fingerprint density at radius 3 is 1.72 bits per heavy atom. The van der Waals surface area contributed by atoms with Gasteiger partial charge >= 0.3 is 30.6 Å². The molecule has 1 aromatic carbocycles. The van der Waals surface area contributed by atoms with E-state index < -0.39 is 59.8 Å². The van der Waals surface area contributed by atoms with Crippen molar-refractivity contribution in [2.45, 2.75) is 75.9 Å². The van der Waals surface area contributed by atoms with Crippen LogP contribution in [0.25, 0.3) is 5.76 Å². The van der Waals surface area contributed by atoms with Crippen molar-refractivity contribution in [1.29, 1.82) is 0 Å². The Balaban J connectivity index is 3.28. The van der Waals surface area contributed by atoms with Crippen LogP contribution in [0.3, 0.4) is 0 Å².